The van der Waals surface area contributed by atoms with Crippen molar-refractivity contribution >= 4 is 17.2 Å². The van der Waals surface area contributed by atoms with Crippen LogP contribution in [0.25, 0.3) is 5.52 Å². The van der Waals surface area contributed by atoms with Gasteiger partial charge in [0.2, 0.25) is 0 Å². The fraction of sp³-hybridized carbons (Fsp3) is 0.368. The molecule has 3 aromatic rings. The summed E-state index contributed by atoms with van der Waals surface area (Å²) in [6, 6.07) is 5.58. The maximum absolute atomic E-state index is 12.8. The van der Waals surface area contributed by atoms with E-state index in [1.54, 1.807) is 24.7 Å². The Labute approximate surface area is 152 Å². The molecule has 1 amide bonds. The normalized spacial score (nSPS) is 17.5. The van der Waals surface area contributed by atoms with Crippen LogP contribution in [0, 0.1) is 0 Å². The molecular formula is C19H22N6O. The van der Waals surface area contributed by atoms with Crippen LogP contribution in [0.3, 0.4) is 0 Å². The zero-order valence-corrected chi connectivity index (χ0v) is 15.0. The lowest BCUT2D eigenvalue weighted by atomic mass is 9.94. The minimum Gasteiger partial charge on any atom is -0.361 e. The molecule has 1 aliphatic rings. The van der Waals surface area contributed by atoms with E-state index in [0.717, 1.165) is 36.4 Å². The predicted molar refractivity (Wildman–Crippen MR) is 99.4 cm³/mol. The lowest BCUT2D eigenvalue weighted by Crippen LogP contribution is -2.39. The van der Waals surface area contributed by atoms with Crippen LogP contribution >= 0.6 is 0 Å². The number of piperidine rings is 1. The molecular weight excluding hydrogens is 328 g/mol. The Kier molecular flexibility index (Phi) is 4.28. The van der Waals surface area contributed by atoms with Gasteiger partial charge in [0.25, 0.3) is 5.91 Å². The largest absolute Gasteiger partial charge is 0.361 e. The third-order valence-corrected chi connectivity index (χ3v) is 4.85. The van der Waals surface area contributed by atoms with Gasteiger partial charge in [-0.05, 0) is 31.0 Å². The number of aromatic nitrogens is 4. The Hall–Kier alpha value is -2.96. The maximum atomic E-state index is 12.8. The summed E-state index contributed by atoms with van der Waals surface area (Å²) in [7, 11) is 3.97. The molecule has 134 valence electrons. The van der Waals surface area contributed by atoms with Crippen molar-refractivity contribution in [2.75, 3.05) is 32.1 Å². The number of pyridine rings is 1. The maximum Gasteiger partial charge on any atom is 0.255 e. The first-order chi connectivity index (χ1) is 12.6. The van der Waals surface area contributed by atoms with Crippen LogP contribution < -0.4 is 4.90 Å². The van der Waals surface area contributed by atoms with E-state index in [1.807, 2.05) is 46.7 Å². The van der Waals surface area contributed by atoms with Gasteiger partial charge in [-0.2, -0.15) is 5.10 Å². The molecule has 1 atom stereocenters. The molecule has 0 saturated carbocycles. The second-order valence-electron chi connectivity index (χ2n) is 6.88. The molecule has 3 aromatic heterocycles. The van der Waals surface area contributed by atoms with Gasteiger partial charge in [-0.25, -0.2) is 9.50 Å². The number of rotatable bonds is 3. The van der Waals surface area contributed by atoms with E-state index in [9.17, 15) is 4.79 Å². The SMILES string of the molecule is CN(C)c1nc([C@H]2CCCN(C(=O)c3cccnc3)C2)cn2nccc12. The smallest absolute Gasteiger partial charge is 0.255 e. The van der Waals surface area contributed by atoms with Crippen LogP contribution in [-0.4, -0.2) is 57.6 Å². The molecule has 0 spiro atoms. The Morgan fingerprint density at radius 2 is 2.15 bits per heavy atom. The number of nitrogens with zero attached hydrogens (tertiary/aromatic N) is 6. The van der Waals surface area contributed by atoms with Crippen molar-refractivity contribution in [3.05, 3.63) is 54.2 Å². The second-order valence-corrected chi connectivity index (χ2v) is 6.88. The van der Waals surface area contributed by atoms with Crippen LogP contribution in [-0.2, 0) is 0 Å². The molecule has 1 saturated heterocycles. The molecule has 26 heavy (non-hydrogen) atoms. The summed E-state index contributed by atoms with van der Waals surface area (Å²) < 4.78 is 1.87. The first-order valence-corrected chi connectivity index (χ1v) is 8.84. The van der Waals surface area contributed by atoms with Gasteiger partial charge in [-0.15, -0.1) is 0 Å². The van der Waals surface area contributed by atoms with Gasteiger partial charge in [-0.1, -0.05) is 0 Å². The van der Waals surface area contributed by atoms with Crippen molar-refractivity contribution < 1.29 is 4.79 Å². The highest BCUT2D eigenvalue weighted by Gasteiger charge is 2.27. The van der Waals surface area contributed by atoms with E-state index in [2.05, 4.69) is 10.1 Å². The lowest BCUT2D eigenvalue weighted by molar-refractivity contribution is 0.0705. The van der Waals surface area contributed by atoms with Gasteiger partial charge < -0.3 is 9.80 Å². The van der Waals surface area contributed by atoms with Crippen molar-refractivity contribution in [2.24, 2.45) is 0 Å². The number of hydrogen-bond donors (Lipinski definition) is 0. The van der Waals surface area contributed by atoms with E-state index >= 15 is 0 Å². The van der Waals surface area contributed by atoms with E-state index in [1.165, 1.54) is 0 Å². The van der Waals surface area contributed by atoms with Gasteiger partial charge in [-0.3, -0.25) is 9.78 Å². The zero-order chi connectivity index (χ0) is 18.1. The number of amides is 1. The topological polar surface area (TPSA) is 66.6 Å². The Bertz CT molecular complexity index is 920. The van der Waals surface area contributed by atoms with Gasteiger partial charge in [0, 0.05) is 45.5 Å². The molecule has 0 aliphatic carbocycles. The molecule has 1 fully saturated rings. The number of anilines is 1. The van der Waals surface area contributed by atoms with Crippen molar-refractivity contribution in [3.8, 4) is 0 Å². The summed E-state index contributed by atoms with van der Waals surface area (Å²) in [5.74, 6) is 1.14. The van der Waals surface area contributed by atoms with Crippen LogP contribution in [0.15, 0.2) is 43.0 Å². The van der Waals surface area contributed by atoms with Crippen LogP contribution in [0.2, 0.25) is 0 Å². The zero-order valence-electron chi connectivity index (χ0n) is 15.0. The Morgan fingerprint density at radius 1 is 1.27 bits per heavy atom. The minimum absolute atomic E-state index is 0.0378. The highest BCUT2D eigenvalue weighted by Crippen LogP contribution is 2.29. The summed E-state index contributed by atoms with van der Waals surface area (Å²) in [6.45, 7) is 1.44. The minimum atomic E-state index is 0.0378. The first-order valence-electron chi connectivity index (χ1n) is 8.84. The Morgan fingerprint density at radius 3 is 2.92 bits per heavy atom. The molecule has 1 aliphatic heterocycles. The van der Waals surface area contributed by atoms with E-state index in [0.29, 0.717) is 12.1 Å². The van der Waals surface area contributed by atoms with Crippen molar-refractivity contribution in [3.63, 3.8) is 0 Å². The van der Waals surface area contributed by atoms with Crippen LogP contribution in [0.4, 0.5) is 5.82 Å². The molecule has 7 heteroatoms. The van der Waals surface area contributed by atoms with Crippen molar-refractivity contribution in [2.45, 2.75) is 18.8 Å². The van der Waals surface area contributed by atoms with E-state index < -0.39 is 0 Å². The number of likely N-dealkylation sites (tertiary alicyclic amines) is 1. The van der Waals surface area contributed by atoms with E-state index in [-0.39, 0.29) is 11.8 Å². The third-order valence-electron chi connectivity index (χ3n) is 4.85. The first kappa shape index (κ1) is 16.5. The fourth-order valence-corrected chi connectivity index (χ4v) is 3.53. The van der Waals surface area contributed by atoms with Gasteiger partial charge in [0.05, 0.1) is 23.7 Å². The molecule has 0 aromatic carbocycles. The molecule has 7 nitrogen and oxygen atoms in total. The number of carbonyl (C=O) groups excluding carboxylic acids is 1. The average molecular weight is 350 g/mol. The molecule has 0 radical (unpaired) electrons. The molecule has 4 heterocycles. The quantitative estimate of drug-likeness (QED) is 0.724. The predicted octanol–water partition coefficient (Wildman–Crippen LogP) is 2.21. The second kappa shape index (κ2) is 6.74. The molecule has 4 rings (SSSR count). The van der Waals surface area contributed by atoms with Crippen LogP contribution in [0.5, 0.6) is 0 Å². The molecule has 0 bridgehead atoms. The van der Waals surface area contributed by atoms with Gasteiger partial charge in [0.15, 0.2) is 5.82 Å². The molecule has 0 unspecified atom stereocenters. The fourth-order valence-electron chi connectivity index (χ4n) is 3.53. The highest BCUT2D eigenvalue weighted by atomic mass is 16.2. The highest BCUT2D eigenvalue weighted by molar-refractivity contribution is 5.94. The Balaban J connectivity index is 1.62. The standard InChI is InChI=1S/C19H22N6O/c1-23(2)18-17-7-9-21-25(17)13-16(22-18)15-6-4-10-24(12-15)19(26)14-5-3-8-20-11-14/h3,5,7-9,11,13,15H,4,6,10,12H2,1-2H3/t15-/m0/s1. The summed E-state index contributed by atoms with van der Waals surface area (Å²) in [4.78, 5) is 25.6. The monoisotopic (exact) mass is 350 g/mol. The van der Waals surface area contributed by atoms with Gasteiger partial charge >= 0.3 is 0 Å². The third kappa shape index (κ3) is 3.00. The van der Waals surface area contributed by atoms with Crippen LogP contribution in [0.1, 0.15) is 34.8 Å². The number of fused-ring (bicyclic) bond motifs is 1. The van der Waals surface area contributed by atoms with Crippen molar-refractivity contribution in [1.82, 2.24) is 24.5 Å². The van der Waals surface area contributed by atoms with Gasteiger partial charge in [0.1, 0.15) is 5.52 Å². The summed E-state index contributed by atoms with van der Waals surface area (Å²) in [5.41, 5.74) is 2.60. The molecule has 0 N–H and O–H groups in total. The number of carbonyl (C=O) groups is 1. The van der Waals surface area contributed by atoms with Crippen molar-refractivity contribution in [1.29, 1.82) is 0 Å². The number of hydrogen-bond acceptors (Lipinski definition) is 5. The summed E-state index contributed by atoms with van der Waals surface area (Å²) in [5, 5.41) is 4.38. The van der Waals surface area contributed by atoms with E-state index in [4.69, 9.17) is 4.98 Å². The summed E-state index contributed by atoms with van der Waals surface area (Å²) in [6.07, 6.45) is 9.07. The summed E-state index contributed by atoms with van der Waals surface area (Å²) >= 11 is 0. The lowest BCUT2D eigenvalue weighted by Gasteiger charge is -2.32. The average Bonchev–Trinajstić information content (AvgIpc) is 3.16.